The molecule has 1 heterocycles. The van der Waals surface area contributed by atoms with E-state index in [1.807, 2.05) is 32.0 Å². The lowest BCUT2D eigenvalue weighted by atomic mass is 10.00. The number of hydrogen-bond acceptors (Lipinski definition) is 2. The van der Waals surface area contributed by atoms with Crippen LogP contribution in [0, 0.1) is 13.8 Å². The number of benzene rings is 1. The van der Waals surface area contributed by atoms with E-state index in [0.717, 1.165) is 62.0 Å². The van der Waals surface area contributed by atoms with Crippen LogP contribution in [0.4, 0.5) is 10.1 Å². The number of nitrogens with one attached hydrogen (secondary N) is 1. The van der Waals surface area contributed by atoms with Crippen LogP contribution in [0.3, 0.4) is 0 Å². The summed E-state index contributed by atoms with van der Waals surface area (Å²) >= 11 is 0. The normalized spacial score (nSPS) is 18.0. The van der Waals surface area contributed by atoms with E-state index in [2.05, 4.69) is 10.2 Å². The van der Waals surface area contributed by atoms with E-state index in [9.17, 15) is 9.18 Å². The van der Waals surface area contributed by atoms with Crippen LogP contribution in [-0.4, -0.2) is 36.6 Å². The molecule has 1 aliphatic rings. The zero-order chi connectivity index (χ0) is 16.7. The molecular weight excluding hydrogens is 327 g/mol. The smallest absolute Gasteiger partial charge is 0.241 e. The van der Waals surface area contributed by atoms with Crippen LogP contribution in [0.15, 0.2) is 18.2 Å². The number of unbranched alkanes of at least 4 members (excludes halogenated alkanes) is 2. The number of aryl methyl sites for hydroxylation is 2. The van der Waals surface area contributed by atoms with Crippen molar-refractivity contribution in [1.82, 2.24) is 4.90 Å². The van der Waals surface area contributed by atoms with Crippen molar-refractivity contribution >= 4 is 24.0 Å². The fraction of sp³-hybridized carbons (Fsp3) is 0.632. The third-order valence-corrected chi connectivity index (χ3v) is 4.72. The fourth-order valence-corrected chi connectivity index (χ4v) is 3.36. The number of carbonyl (C=O) groups is 1. The molecule has 5 heteroatoms. The van der Waals surface area contributed by atoms with E-state index in [1.165, 1.54) is 0 Å². The molecule has 1 aromatic rings. The maximum Gasteiger partial charge on any atom is 0.241 e. The number of amides is 1. The lowest BCUT2D eigenvalue weighted by Gasteiger charge is -2.34. The molecule has 1 N–H and O–H groups in total. The van der Waals surface area contributed by atoms with E-state index in [0.29, 0.717) is 6.42 Å². The van der Waals surface area contributed by atoms with Gasteiger partial charge in [0.05, 0.1) is 12.7 Å². The van der Waals surface area contributed by atoms with Gasteiger partial charge in [0, 0.05) is 5.69 Å². The molecule has 0 bridgehead atoms. The lowest BCUT2D eigenvalue weighted by molar-refractivity contribution is -0.122. The number of alkyl halides is 1. The second kappa shape index (κ2) is 10.7. The van der Waals surface area contributed by atoms with Gasteiger partial charge in [0.15, 0.2) is 0 Å². The van der Waals surface area contributed by atoms with Gasteiger partial charge >= 0.3 is 0 Å². The SMILES string of the molecule is Cc1cccc(C)c1NC(=O)[C@@H]1CCCCN1CCCCCF.Cl. The summed E-state index contributed by atoms with van der Waals surface area (Å²) in [5.41, 5.74) is 3.15. The van der Waals surface area contributed by atoms with Crippen molar-refractivity contribution in [2.75, 3.05) is 25.1 Å². The van der Waals surface area contributed by atoms with Gasteiger partial charge in [-0.25, -0.2) is 0 Å². The van der Waals surface area contributed by atoms with Crippen LogP contribution in [0.2, 0.25) is 0 Å². The topological polar surface area (TPSA) is 32.3 Å². The van der Waals surface area contributed by atoms with E-state index in [4.69, 9.17) is 0 Å². The van der Waals surface area contributed by atoms with Crippen LogP contribution in [0.5, 0.6) is 0 Å². The monoisotopic (exact) mass is 356 g/mol. The van der Waals surface area contributed by atoms with E-state index < -0.39 is 0 Å². The first-order valence-corrected chi connectivity index (χ1v) is 8.80. The van der Waals surface area contributed by atoms with E-state index in [-0.39, 0.29) is 31.0 Å². The minimum Gasteiger partial charge on any atom is -0.324 e. The number of nitrogens with zero attached hydrogens (tertiary/aromatic N) is 1. The van der Waals surface area contributed by atoms with Gasteiger partial charge in [0.2, 0.25) is 5.91 Å². The highest BCUT2D eigenvalue weighted by atomic mass is 35.5. The maximum absolute atomic E-state index is 12.8. The highest BCUT2D eigenvalue weighted by Crippen LogP contribution is 2.23. The molecule has 0 spiro atoms. The van der Waals surface area contributed by atoms with E-state index >= 15 is 0 Å². The number of likely N-dealkylation sites (tertiary alicyclic amines) is 1. The first kappa shape index (κ1) is 20.9. The van der Waals surface area contributed by atoms with Gasteiger partial charge in [-0.1, -0.05) is 24.6 Å². The van der Waals surface area contributed by atoms with Crippen molar-refractivity contribution < 1.29 is 9.18 Å². The third kappa shape index (κ3) is 5.75. The predicted octanol–water partition coefficient (Wildman–Crippen LogP) is 4.66. The highest BCUT2D eigenvalue weighted by molar-refractivity contribution is 5.96. The van der Waals surface area contributed by atoms with E-state index in [1.54, 1.807) is 0 Å². The molecule has 0 radical (unpaired) electrons. The quantitative estimate of drug-likeness (QED) is 0.721. The Kier molecular flexibility index (Phi) is 9.30. The van der Waals surface area contributed by atoms with Crippen LogP contribution >= 0.6 is 12.4 Å². The van der Waals surface area contributed by atoms with Gasteiger partial charge in [-0.3, -0.25) is 14.1 Å². The van der Waals surface area contributed by atoms with Gasteiger partial charge in [-0.2, -0.15) is 0 Å². The molecule has 136 valence electrons. The number of rotatable bonds is 7. The first-order chi connectivity index (χ1) is 11.1. The van der Waals surface area contributed by atoms with Crippen molar-refractivity contribution in [2.45, 2.75) is 58.4 Å². The highest BCUT2D eigenvalue weighted by Gasteiger charge is 2.28. The molecule has 3 nitrogen and oxygen atoms in total. The fourth-order valence-electron chi connectivity index (χ4n) is 3.36. The van der Waals surface area contributed by atoms with Crippen LogP contribution in [0.1, 0.15) is 49.7 Å². The molecule has 1 fully saturated rings. The molecule has 1 atom stereocenters. The standard InChI is InChI=1S/C19H29FN2O.ClH/c1-15-9-8-10-16(2)18(15)21-19(23)17-11-4-7-14-22(17)13-6-3-5-12-20;/h8-10,17H,3-7,11-14H2,1-2H3,(H,21,23);1H/t17-;/m0./s1. The van der Waals surface area contributed by atoms with Crippen LogP contribution in [0.25, 0.3) is 0 Å². The largest absolute Gasteiger partial charge is 0.324 e. The molecule has 0 saturated carbocycles. The summed E-state index contributed by atoms with van der Waals surface area (Å²) in [6, 6.07) is 6.02. The van der Waals surface area contributed by atoms with Crippen molar-refractivity contribution in [3.05, 3.63) is 29.3 Å². The Morgan fingerprint density at radius 3 is 2.58 bits per heavy atom. The molecule has 0 aliphatic carbocycles. The van der Waals surface area contributed by atoms with Crippen molar-refractivity contribution in [2.24, 2.45) is 0 Å². The number of para-hydroxylation sites is 1. The number of piperidine rings is 1. The summed E-state index contributed by atoms with van der Waals surface area (Å²) in [5, 5.41) is 3.14. The number of anilines is 1. The van der Waals surface area contributed by atoms with Crippen LogP contribution < -0.4 is 5.32 Å². The first-order valence-electron chi connectivity index (χ1n) is 8.80. The minimum atomic E-state index is -0.240. The van der Waals surface area contributed by atoms with Gasteiger partial charge in [-0.05, 0) is 70.2 Å². The summed E-state index contributed by atoms with van der Waals surface area (Å²) < 4.78 is 12.2. The Balaban J connectivity index is 0.00000288. The second-order valence-corrected chi connectivity index (χ2v) is 6.55. The van der Waals surface area contributed by atoms with Gasteiger partial charge in [0.1, 0.15) is 0 Å². The Morgan fingerprint density at radius 1 is 1.21 bits per heavy atom. The van der Waals surface area contributed by atoms with Crippen molar-refractivity contribution in [3.63, 3.8) is 0 Å². The minimum absolute atomic E-state index is 0. The molecule has 0 unspecified atom stereocenters. The van der Waals surface area contributed by atoms with Crippen molar-refractivity contribution in [3.8, 4) is 0 Å². The molecule has 2 rings (SSSR count). The Hall–Kier alpha value is -1.13. The second-order valence-electron chi connectivity index (χ2n) is 6.55. The Morgan fingerprint density at radius 2 is 1.92 bits per heavy atom. The molecule has 1 amide bonds. The van der Waals surface area contributed by atoms with Gasteiger partial charge in [0.25, 0.3) is 0 Å². The summed E-state index contributed by atoms with van der Waals surface area (Å²) in [4.78, 5) is 15.0. The number of halogens is 2. The number of carbonyl (C=O) groups excluding carboxylic acids is 1. The summed E-state index contributed by atoms with van der Waals surface area (Å²) in [5.74, 6) is 0.104. The van der Waals surface area contributed by atoms with Gasteiger partial charge < -0.3 is 5.32 Å². The average Bonchev–Trinajstić information content (AvgIpc) is 2.55. The zero-order valence-corrected chi connectivity index (χ0v) is 15.6. The van der Waals surface area contributed by atoms with Gasteiger partial charge in [-0.15, -0.1) is 12.4 Å². The zero-order valence-electron chi connectivity index (χ0n) is 14.8. The molecule has 0 aromatic heterocycles. The molecule has 1 aromatic carbocycles. The summed E-state index contributed by atoms with van der Waals surface area (Å²) in [6.07, 6.45) is 5.67. The Bertz CT molecular complexity index is 504. The van der Waals surface area contributed by atoms with Crippen molar-refractivity contribution in [1.29, 1.82) is 0 Å². The average molecular weight is 357 g/mol. The molecule has 1 aliphatic heterocycles. The third-order valence-electron chi connectivity index (χ3n) is 4.72. The summed E-state index contributed by atoms with van der Waals surface area (Å²) in [7, 11) is 0. The predicted molar refractivity (Wildman–Crippen MR) is 101 cm³/mol. The summed E-state index contributed by atoms with van der Waals surface area (Å²) in [6.45, 7) is 5.68. The molecule has 24 heavy (non-hydrogen) atoms. The molecule has 1 saturated heterocycles. The maximum atomic E-state index is 12.8. The Labute approximate surface area is 151 Å². The number of hydrogen-bond donors (Lipinski definition) is 1. The molecular formula is C19H30ClFN2O. The lowest BCUT2D eigenvalue weighted by Crippen LogP contribution is -2.47. The van der Waals surface area contributed by atoms with Crippen LogP contribution in [-0.2, 0) is 4.79 Å².